The number of nitrogens with two attached hydrogens (primary N) is 2. The average molecular weight is 235 g/mol. The second-order valence-electron chi connectivity index (χ2n) is 4.25. The number of hydrogen-bond donors (Lipinski definition) is 2. The molecule has 1 rings (SSSR count). The number of hydrogen-bond acceptors (Lipinski definition) is 4. The van der Waals surface area contributed by atoms with E-state index in [1.807, 2.05) is 0 Å². The van der Waals surface area contributed by atoms with Crippen molar-refractivity contribution in [3.63, 3.8) is 0 Å². The molecule has 0 bridgehead atoms. The van der Waals surface area contributed by atoms with Crippen LogP contribution in [0.5, 0.6) is 0 Å². The Kier molecular flexibility index (Phi) is 4.98. The summed E-state index contributed by atoms with van der Waals surface area (Å²) in [4.78, 5) is 2.17. The maximum absolute atomic E-state index is 10.8. The van der Waals surface area contributed by atoms with Crippen molar-refractivity contribution in [2.45, 2.75) is 19.3 Å². The molecular weight excluding hydrogens is 214 g/mol. The fourth-order valence-corrected chi connectivity index (χ4v) is 2.59. The smallest absolute Gasteiger partial charge is 0.210 e. The maximum Gasteiger partial charge on any atom is 0.210 e. The van der Waals surface area contributed by atoms with E-state index in [4.69, 9.17) is 10.9 Å². The zero-order valence-corrected chi connectivity index (χ0v) is 9.88. The highest BCUT2D eigenvalue weighted by Gasteiger charge is 2.19. The topological polar surface area (TPSA) is 89.4 Å². The number of rotatable bonds is 5. The number of piperidine rings is 1. The van der Waals surface area contributed by atoms with Gasteiger partial charge in [0, 0.05) is 13.1 Å². The molecule has 0 aromatic carbocycles. The fraction of sp³-hybridized carbons (Fsp3) is 1.00. The van der Waals surface area contributed by atoms with Crippen LogP contribution in [0.4, 0.5) is 0 Å². The zero-order valence-electron chi connectivity index (χ0n) is 9.06. The van der Waals surface area contributed by atoms with Crippen molar-refractivity contribution in [3.8, 4) is 0 Å². The largest absolute Gasteiger partial charge is 0.330 e. The summed E-state index contributed by atoms with van der Waals surface area (Å²) < 4.78 is 21.6. The van der Waals surface area contributed by atoms with Crippen molar-refractivity contribution in [2.75, 3.05) is 31.9 Å². The van der Waals surface area contributed by atoms with Crippen molar-refractivity contribution in [1.29, 1.82) is 0 Å². The predicted octanol–water partition coefficient (Wildman–Crippen LogP) is -0.664. The lowest BCUT2D eigenvalue weighted by atomic mass is 9.95. The van der Waals surface area contributed by atoms with Gasteiger partial charge in [0.1, 0.15) is 0 Å². The molecule has 0 spiro atoms. The molecule has 15 heavy (non-hydrogen) atoms. The molecule has 0 amide bonds. The van der Waals surface area contributed by atoms with Gasteiger partial charge in [0.05, 0.1) is 5.75 Å². The molecule has 1 aliphatic heterocycles. The molecule has 1 aliphatic rings. The second-order valence-corrected chi connectivity index (χ2v) is 5.99. The second kappa shape index (κ2) is 5.79. The van der Waals surface area contributed by atoms with E-state index in [1.165, 1.54) is 6.42 Å². The Hall–Kier alpha value is -0.170. The lowest BCUT2D eigenvalue weighted by Crippen LogP contribution is -2.39. The molecule has 6 heteroatoms. The number of primary sulfonamides is 1. The van der Waals surface area contributed by atoms with Crippen LogP contribution in [0.2, 0.25) is 0 Å². The SMILES string of the molecule is NCCC1CCCN(CCS(N)(=O)=O)C1. The van der Waals surface area contributed by atoms with Gasteiger partial charge in [-0.15, -0.1) is 0 Å². The normalized spacial score (nSPS) is 24.3. The molecule has 1 fully saturated rings. The third-order valence-electron chi connectivity index (χ3n) is 2.87. The summed E-state index contributed by atoms with van der Waals surface area (Å²) >= 11 is 0. The standard InChI is InChI=1S/C9H21N3O2S/c10-4-3-9-2-1-5-12(8-9)6-7-15(11,13)14/h9H,1-8,10H2,(H2,11,13,14). The fourth-order valence-electron chi connectivity index (χ4n) is 2.08. The highest BCUT2D eigenvalue weighted by Crippen LogP contribution is 2.18. The first kappa shape index (κ1) is 12.9. The minimum Gasteiger partial charge on any atom is -0.330 e. The van der Waals surface area contributed by atoms with Crippen LogP contribution in [-0.4, -0.2) is 45.2 Å². The summed E-state index contributed by atoms with van der Waals surface area (Å²) in [5.41, 5.74) is 5.51. The van der Waals surface area contributed by atoms with Crippen LogP contribution in [0, 0.1) is 5.92 Å². The van der Waals surface area contributed by atoms with Crippen LogP contribution >= 0.6 is 0 Å². The van der Waals surface area contributed by atoms with Gasteiger partial charge in [0.15, 0.2) is 0 Å². The molecule has 1 atom stereocenters. The van der Waals surface area contributed by atoms with Gasteiger partial charge in [-0.25, -0.2) is 13.6 Å². The van der Waals surface area contributed by atoms with Crippen molar-refractivity contribution >= 4 is 10.0 Å². The number of nitrogens with zero attached hydrogens (tertiary/aromatic N) is 1. The first-order valence-electron chi connectivity index (χ1n) is 5.44. The summed E-state index contributed by atoms with van der Waals surface area (Å²) in [7, 11) is -3.32. The lowest BCUT2D eigenvalue weighted by Gasteiger charge is -2.32. The Bertz CT molecular complexity index is 277. The van der Waals surface area contributed by atoms with Gasteiger partial charge in [-0.05, 0) is 38.3 Å². The summed E-state index contributed by atoms with van der Waals surface area (Å²) in [6.07, 6.45) is 3.38. The molecule has 4 N–H and O–H groups in total. The van der Waals surface area contributed by atoms with E-state index >= 15 is 0 Å². The van der Waals surface area contributed by atoms with Crippen LogP contribution in [0.25, 0.3) is 0 Å². The summed E-state index contributed by atoms with van der Waals surface area (Å²) in [6, 6.07) is 0. The molecule has 0 radical (unpaired) electrons. The van der Waals surface area contributed by atoms with Crippen LogP contribution in [-0.2, 0) is 10.0 Å². The quantitative estimate of drug-likeness (QED) is 0.662. The van der Waals surface area contributed by atoms with E-state index in [-0.39, 0.29) is 5.75 Å². The van der Waals surface area contributed by atoms with Gasteiger partial charge < -0.3 is 10.6 Å². The van der Waals surface area contributed by atoms with E-state index in [2.05, 4.69) is 4.90 Å². The third-order valence-corrected chi connectivity index (χ3v) is 3.62. The van der Waals surface area contributed by atoms with E-state index in [9.17, 15) is 8.42 Å². The predicted molar refractivity (Wildman–Crippen MR) is 60.8 cm³/mol. The Morgan fingerprint density at radius 3 is 2.73 bits per heavy atom. The van der Waals surface area contributed by atoms with Gasteiger partial charge in [-0.2, -0.15) is 0 Å². The van der Waals surface area contributed by atoms with Crippen molar-refractivity contribution in [3.05, 3.63) is 0 Å². The highest BCUT2D eigenvalue weighted by atomic mass is 32.2. The van der Waals surface area contributed by atoms with E-state index in [0.29, 0.717) is 19.0 Å². The molecule has 1 saturated heterocycles. The maximum atomic E-state index is 10.8. The number of likely N-dealkylation sites (tertiary alicyclic amines) is 1. The van der Waals surface area contributed by atoms with Crippen LogP contribution in [0.1, 0.15) is 19.3 Å². The Labute approximate surface area is 91.9 Å². The lowest BCUT2D eigenvalue weighted by molar-refractivity contribution is 0.178. The van der Waals surface area contributed by atoms with Crippen LogP contribution < -0.4 is 10.9 Å². The molecular formula is C9H21N3O2S. The van der Waals surface area contributed by atoms with E-state index in [1.54, 1.807) is 0 Å². The third kappa shape index (κ3) is 5.46. The van der Waals surface area contributed by atoms with Gasteiger partial charge in [0.2, 0.25) is 10.0 Å². The zero-order chi connectivity index (χ0) is 11.3. The first-order chi connectivity index (χ1) is 7.01. The van der Waals surface area contributed by atoms with Crippen molar-refractivity contribution in [2.24, 2.45) is 16.8 Å². The minimum atomic E-state index is -3.32. The van der Waals surface area contributed by atoms with E-state index in [0.717, 1.165) is 25.9 Å². The number of sulfonamides is 1. The highest BCUT2D eigenvalue weighted by molar-refractivity contribution is 7.89. The van der Waals surface area contributed by atoms with Gasteiger partial charge in [-0.3, -0.25) is 0 Å². The summed E-state index contributed by atoms with van der Waals surface area (Å²) in [5.74, 6) is 0.687. The molecule has 0 aromatic heterocycles. The molecule has 5 nitrogen and oxygen atoms in total. The van der Waals surface area contributed by atoms with Crippen LogP contribution in [0.15, 0.2) is 0 Å². The molecule has 0 saturated carbocycles. The van der Waals surface area contributed by atoms with E-state index < -0.39 is 10.0 Å². The van der Waals surface area contributed by atoms with Crippen molar-refractivity contribution < 1.29 is 8.42 Å². The minimum absolute atomic E-state index is 0.0579. The molecule has 90 valence electrons. The average Bonchev–Trinajstić information content (AvgIpc) is 2.15. The Balaban J connectivity index is 2.30. The first-order valence-corrected chi connectivity index (χ1v) is 7.15. The molecule has 1 unspecified atom stereocenters. The monoisotopic (exact) mass is 235 g/mol. The van der Waals surface area contributed by atoms with Gasteiger partial charge in [-0.1, -0.05) is 0 Å². The van der Waals surface area contributed by atoms with Crippen molar-refractivity contribution in [1.82, 2.24) is 4.90 Å². The Morgan fingerprint density at radius 1 is 1.40 bits per heavy atom. The summed E-state index contributed by atoms with van der Waals surface area (Å²) in [6.45, 7) is 3.22. The van der Waals surface area contributed by atoms with Gasteiger partial charge >= 0.3 is 0 Å². The summed E-state index contributed by atoms with van der Waals surface area (Å²) in [5, 5.41) is 4.97. The van der Waals surface area contributed by atoms with Crippen LogP contribution in [0.3, 0.4) is 0 Å². The molecule has 0 aliphatic carbocycles. The van der Waals surface area contributed by atoms with Gasteiger partial charge in [0.25, 0.3) is 0 Å². The Morgan fingerprint density at radius 2 is 2.13 bits per heavy atom. The molecule has 1 heterocycles. The molecule has 0 aromatic rings.